The quantitative estimate of drug-likeness (QED) is 0.889. The van der Waals surface area contributed by atoms with Gasteiger partial charge in [-0.3, -0.25) is 0 Å². The van der Waals surface area contributed by atoms with E-state index in [9.17, 15) is 5.11 Å². The second-order valence-electron chi connectivity index (χ2n) is 4.98. The number of halogens is 1. The van der Waals surface area contributed by atoms with Crippen molar-refractivity contribution in [3.63, 3.8) is 0 Å². The number of aryl methyl sites for hydroxylation is 1. The minimum absolute atomic E-state index is 0.0127. The summed E-state index contributed by atoms with van der Waals surface area (Å²) in [4.78, 5) is 2.24. The lowest BCUT2D eigenvalue weighted by atomic mass is 10.1. The molecule has 4 heteroatoms. The summed E-state index contributed by atoms with van der Waals surface area (Å²) in [6.07, 6.45) is 0. The number of hydrogen-bond donors (Lipinski definition) is 1. The summed E-state index contributed by atoms with van der Waals surface area (Å²) in [7, 11) is 1.52. The highest BCUT2D eigenvalue weighted by Crippen LogP contribution is 2.35. The fourth-order valence-corrected chi connectivity index (χ4v) is 2.47. The van der Waals surface area contributed by atoms with Crippen molar-refractivity contribution in [3.05, 3.63) is 52.5 Å². The fourth-order valence-electron chi connectivity index (χ4n) is 2.24. The number of phenols is 1. The van der Waals surface area contributed by atoms with Gasteiger partial charge in [0.2, 0.25) is 0 Å². The van der Waals surface area contributed by atoms with Crippen LogP contribution in [0.25, 0.3) is 0 Å². The molecule has 0 aliphatic carbocycles. The molecule has 0 amide bonds. The Bertz CT molecular complexity index is 611. The predicted octanol–water partition coefficient (Wildman–Crippen LogP) is 4.39. The first-order valence-corrected chi connectivity index (χ1v) is 7.30. The number of ether oxygens (including phenoxy) is 1. The third kappa shape index (κ3) is 3.61. The molecule has 1 N–H and O–H groups in total. The molecule has 0 bridgehead atoms. The molecule has 0 aromatic heterocycles. The summed E-state index contributed by atoms with van der Waals surface area (Å²) in [6, 6.07) is 12.0. The van der Waals surface area contributed by atoms with Crippen LogP contribution in [0.1, 0.15) is 18.1 Å². The van der Waals surface area contributed by atoms with Crippen LogP contribution >= 0.6 is 11.6 Å². The maximum absolute atomic E-state index is 9.79. The number of benzene rings is 2. The lowest BCUT2D eigenvalue weighted by Crippen LogP contribution is -2.21. The molecule has 0 fully saturated rings. The Balaban J connectivity index is 2.26. The van der Waals surface area contributed by atoms with Crippen LogP contribution in [-0.4, -0.2) is 18.8 Å². The Morgan fingerprint density at radius 1 is 1.19 bits per heavy atom. The lowest BCUT2D eigenvalue weighted by Gasteiger charge is -2.24. The van der Waals surface area contributed by atoms with E-state index in [4.69, 9.17) is 16.3 Å². The molecule has 0 heterocycles. The van der Waals surface area contributed by atoms with E-state index in [1.807, 2.05) is 6.07 Å². The van der Waals surface area contributed by atoms with E-state index >= 15 is 0 Å². The highest BCUT2D eigenvalue weighted by Gasteiger charge is 2.11. The van der Waals surface area contributed by atoms with Gasteiger partial charge in [0.25, 0.3) is 0 Å². The molecule has 2 rings (SSSR count). The number of nitrogens with zero attached hydrogens (tertiary/aromatic N) is 1. The second-order valence-corrected chi connectivity index (χ2v) is 5.39. The fraction of sp³-hybridized carbons (Fsp3) is 0.294. The van der Waals surface area contributed by atoms with Crippen molar-refractivity contribution in [3.8, 4) is 11.5 Å². The van der Waals surface area contributed by atoms with Crippen molar-refractivity contribution in [1.82, 2.24) is 0 Å². The van der Waals surface area contributed by atoms with Gasteiger partial charge in [-0.1, -0.05) is 29.3 Å². The van der Waals surface area contributed by atoms with Crippen LogP contribution < -0.4 is 9.64 Å². The van der Waals surface area contributed by atoms with Crippen LogP contribution in [0.3, 0.4) is 0 Å². The topological polar surface area (TPSA) is 32.7 Å². The average Bonchev–Trinajstić information content (AvgIpc) is 2.49. The highest BCUT2D eigenvalue weighted by molar-refractivity contribution is 6.32. The number of hydrogen-bond acceptors (Lipinski definition) is 3. The number of phenolic OH excluding ortho intramolecular Hbond substituents is 1. The molecule has 0 unspecified atom stereocenters. The van der Waals surface area contributed by atoms with Gasteiger partial charge in [0, 0.05) is 18.8 Å². The highest BCUT2D eigenvalue weighted by atomic mass is 35.5. The molecule has 3 nitrogen and oxygen atoms in total. The van der Waals surface area contributed by atoms with Crippen molar-refractivity contribution in [2.75, 3.05) is 18.6 Å². The normalized spacial score (nSPS) is 10.5. The van der Waals surface area contributed by atoms with Crippen LogP contribution in [0.5, 0.6) is 11.5 Å². The molecule has 0 spiro atoms. The standard InChI is InChI=1S/C17H20ClNO2/c1-4-19(14-7-5-12(2)6-8-14)11-13-9-15(18)17(20)16(10-13)21-3/h5-10,20H,4,11H2,1-3H3. The zero-order valence-electron chi connectivity index (χ0n) is 12.6. The van der Waals surface area contributed by atoms with Gasteiger partial charge in [-0.25, -0.2) is 0 Å². The van der Waals surface area contributed by atoms with Gasteiger partial charge in [0.15, 0.2) is 11.5 Å². The maximum Gasteiger partial charge on any atom is 0.176 e. The van der Waals surface area contributed by atoms with E-state index in [2.05, 4.69) is 43.0 Å². The minimum Gasteiger partial charge on any atom is -0.503 e. The summed E-state index contributed by atoms with van der Waals surface area (Å²) in [6.45, 7) is 5.77. The van der Waals surface area contributed by atoms with E-state index in [0.717, 1.165) is 17.8 Å². The molecule has 112 valence electrons. The molecule has 0 aliphatic rings. The van der Waals surface area contributed by atoms with E-state index in [0.29, 0.717) is 17.3 Å². The molecular formula is C17H20ClNO2. The van der Waals surface area contributed by atoms with E-state index in [1.54, 1.807) is 6.07 Å². The molecule has 0 saturated heterocycles. The first kappa shape index (κ1) is 15.5. The number of anilines is 1. The Kier molecular flexibility index (Phi) is 4.97. The zero-order valence-corrected chi connectivity index (χ0v) is 13.3. The Morgan fingerprint density at radius 2 is 1.86 bits per heavy atom. The van der Waals surface area contributed by atoms with Crippen molar-refractivity contribution >= 4 is 17.3 Å². The van der Waals surface area contributed by atoms with Crippen LogP contribution in [0.4, 0.5) is 5.69 Å². The molecule has 0 atom stereocenters. The van der Waals surface area contributed by atoms with Gasteiger partial charge in [0.05, 0.1) is 12.1 Å². The predicted molar refractivity (Wildman–Crippen MR) is 87.6 cm³/mol. The first-order valence-electron chi connectivity index (χ1n) is 6.92. The third-order valence-corrected chi connectivity index (χ3v) is 3.75. The van der Waals surface area contributed by atoms with Crippen molar-refractivity contribution < 1.29 is 9.84 Å². The minimum atomic E-state index is -0.0127. The van der Waals surface area contributed by atoms with Crippen LogP contribution in [0.15, 0.2) is 36.4 Å². The molecule has 21 heavy (non-hydrogen) atoms. The van der Waals surface area contributed by atoms with Crippen LogP contribution in [0, 0.1) is 6.92 Å². The SMILES string of the molecule is CCN(Cc1cc(Cl)c(O)c(OC)c1)c1ccc(C)cc1. The second kappa shape index (κ2) is 6.72. The largest absolute Gasteiger partial charge is 0.503 e. The van der Waals surface area contributed by atoms with E-state index in [-0.39, 0.29) is 5.75 Å². The molecule has 0 radical (unpaired) electrons. The summed E-state index contributed by atoms with van der Waals surface area (Å²) in [5.41, 5.74) is 3.40. The average molecular weight is 306 g/mol. The molecule has 2 aromatic rings. The first-order chi connectivity index (χ1) is 10.0. The van der Waals surface area contributed by atoms with Crippen LogP contribution in [0.2, 0.25) is 5.02 Å². The molecule has 0 aliphatic heterocycles. The number of methoxy groups -OCH3 is 1. The Morgan fingerprint density at radius 3 is 2.43 bits per heavy atom. The van der Waals surface area contributed by atoms with Gasteiger partial charge in [-0.15, -0.1) is 0 Å². The summed E-state index contributed by atoms with van der Waals surface area (Å²) in [5, 5.41) is 10.1. The van der Waals surface area contributed by atoms with Gasteiger partial charge in [0.1, 0.15) is 0 Å². The van der Waals surface area contributed by atoms with E-state index < -0.39 is 0 Å². The smallest absolute Gasteiger partial charge is 0.176 e. The van der Waals surface area contributed by atoms with Crippen molar-refractivity contribution in [1.29, 1.82) is 0 Å². The van der Waals surface area contributed by atoms with Gasteiger partial charge < -0.3 is 14.7 Å². The monoisotopic (exact) mass is 305 g/mol. The third-order valence-electron chi connectivity index (χ3n) is 3.46. The number of rotatable bonds is 5. The van der Waals surface area contributed by atoms with Crippen LogP contribution in [-0.2, 0) is 6.54 Å². The lowest BCUT2D eigenvalue weighted by molar-refractivity contribution is 0.373. The summed E-state index contributed by atoms with van der Waals surface area (Å²) < 4.78 is 5.15. The number of aromatic hydroxyl groups is 1. The molecule has 0 saturated carbocycles. The summed E-state index contributed by atoms with van der Waals surface area (Å²) in [5.74, 6) is 0.388. The molecule has 2 aromatic carbocycles. The van der Waals surface area contributed by atoms with Gasteiger partial charge in [-0.2, -0.15) is 0 Å². The van der Waals surface area contributed by atoms with E-state index in [1.165, 1.54) is 12.7 Å². The Labute approximate surface area is 130 Å². The summed E-state index contributed by atoms with van der Waals surface area (Å²) >= 11 is 6.04. The van der Waals surface area contributed by atoms with Gasteiger partial charge in [-0.05, 0) is 43.7 Å². The van der Waals surface area contributed by atoms with Crippen molar-refractivity contribution in [2.24, 2.45) is 0 Å². The Hall–Kier alpha value is -1.87. The maximum atomic E-state index is 9.79. The van der Waals surface area contributed by atoms with Gasteiger partial charge >= 0.3 is 0 Å². The molecular weight excluding hydrogens is 286 g/mol. The van der Waals surface area contributed by atoms with Crippen molar-refractivity contribution in [2.45, 2.75) is 20.4 Å². The zero-order chi connectivity index (χ0) is 15.4.